The van der Waals surface area contributed by atoms with Crippen LogP contribution in [0.3, 0.4) is 0 Å². The minimum atomic E-state index is -0.413. The number of aromatic nitrogens is 1. The van der Waals surface area contributed by atoms with E-state index in [1.165, 1.54) is 0 Å². The van der Waals surface area contributed by atoms with Crippen molar-refractivity contribution >= 4 is 11.8 Å². The predicted octanol–water partition coefficient (Wildman–Crippen LogP) is 2.87. The molecular weight excluding hydrogens is 256 g/mol. The van der Waals surface area contributed by atoms with Crippen molar-refractivity contribution in [1.82, 2.24) is 4.98 Å². The number of rotatable bonds is 7. The quantitative estimate of drug-likeness (QED) is 0.778. The number of carbonyl (C=O) groups excluding carboxylic acids is 1. The minimum absolute atomic E-state index is 0.260. The van der Waals surface area contributed by atoms with Crippen LogP contribution in [0.4, 0.5) is 5.82 Å². The van der Waals surface area contributed by atoms with E-state index >= 15 is 0 Å². The van der Waals surface area contributed by atoms with Crippen molar-refractivity contribution < 1.29 is 14.3 Å². The van der Waals surface area contributed by atoms with E-state index in [1.807, 2.05) is 33.8 Å². The Morgan fingerprint density at radius 2 is 2.10 bits per heavy atom. The van der Waals surface area contributed by atoms with E-state index in [4.69, 9.17) is 9.47 Å². The van der Waals surface area contributed by atoms with Gasteiger partial charge in [-0.15, -0.1) is 0 Å². The highest BCUT2D eigenvalue weighted by molar-refractivity contribution is 5.87. The van der Waals surface area contributed by atoms with Crippen LogP contribution in [0.25, 0.3) is 0 Å². The predicted molar refractivity (Wildman–Crippen MR) is 79.0 cm³/mol. The Morgan fingerprint density at radius 1 is 1.40 bits per heavy atom. The molecule has 5 nitrogen and oxygen atoms in total. The molecule has 1 rings (SSSR count). The van der Waals surface area contributed by atoms with Crippen molar-refractivity contribution in [3.63, 3.8) is 0 Å². The van der Waals surface area contributed by atoms with Gasteiger partial charge in [0, 0.05) is 19.6 Å². The lowest BCUT2D eigenvalue weighted by molar-refractivity contribution is -0.00580. The molecule has 0 aliphatic heterocycles. The van der Waals surface area contributed by atoms with Crippen LogP contribution < -0.4 is 5.32 Å². The zero-order chi connectivity index (χ0) is 15.2. The van der Waals surface area contributed by atoms with Crippen LogP contribution in [0.2, 0.25) is 0 Å². The number of hydrogen-bond acceptors (Lipinski definition) is 5. The molecule has 0 amide bonds. The van der Waals surface area contributed by atoms with Gasteiger partial charge in [-0.05, 0) is 39.8 Å². The van der Waals surface area contributed by atoms with Crippen LogP contribution in [0, 0.1) is 0 Å². The Bertz CT molecular complexity index is 444. The van der Waals surface area contributed by atoms with Gasteiger partial charge in [0.15, 0.2) is 5.69 Å². The summed E-state index contributed by atoms with van der Waals surface area (Å²) in [6, 6.07) is 5.52. The largest absolute Gasteiger partial charge is 0.461 e. The fourth-order valence-corrected chi connectivity index (χ4v) is 1.49. The maximum atomic E-state index is 11.9. The highest BCUT2D eigenvalue weighted by atomic mass is 16.5. The third-order valence-corrected chi connectivity index (χ3v) is 2.88. The van der Waals surface area contributed by atoms with E-state index in [-0.39, 0.29) is 11.6 Å². The lowest BCUT2D eigenvalue weighted by atomic mass is 10.1. The summed E-state index contributed by atoms with van der Waals surface area (Å²) in [5.41, 5.74) is 0.0141. The number of nitrogens with zero attached hydrogens (tertiary/aromatic N) is 1. The number of nitrogens with one attached hydrogen (secondary N) is 1. The molecule has 0 aliphatic rings. The van der Waals surface area contributed by atoms with Gasteiger partial charge in [0.25, 0.3) is 0 Å². The van der Waals surface area contributed by atoms with Gasteiger partial charge < -0.3 is 14.8 Å². The molecule has 1 N–H and O–H groups in total. The summed E-state index contributed by atoms with van der Waals surface area (Å²) in [7, 11) is 1.64. The molecule has 1 aromatic heterocycles. The first-order valence-corrected chi connectivity index (χ1v) is 6.80. The van der Waals surface area contributed by atoms with Crippen molar-refractivity contribution in [1.29, 1.82) is 0 Å². The Labute approximate surface area is 120 Å². The van der Waals surface area contributed by atoms with Crippen LogP contribution in [-0.2, 0) is 9.47 Å². The van der Waals surface area contributed by atoms with Crippen LogP contribution in [-0.4, -0.2) is 36.3 Å². The minimum Gasteiger partial charge on any atom is -0.461 e. The molecule has 0 bridgehead atoms. The zero-order valence-electron chi connectivity index (χ0n) is 12.9. The number of carbonyl (C=O) groups is 1. The van der Waals surface area contributed by atoms with Gasteiger partial charge in [-0.3, -0.25) is 0 Å². The Kier molecular flexibility index (Phi) is 5.95. The normalized spacial score (nSPS) is 11.5. The molecule has 1 heterocycles. The average Bonchev–Trinajstić information content (AvgIpc) is 2.38. The lowest BCUT2D eigenvalue weighted by Gasteiger charge is -2.22. The maximum absolute atomic E-state index is 11.9. The van der Waals surface area contributed by atoms with Gasteiger partial charge in [0.1, 0.15) is 5.82 Å². The molecular formula is C15H24N2O3. The summed E-state index contributed by atoms with van der Waals surface area (Å²) in [5, 5.41) is 3.15. The summed E-state index contributed by atoms with van der Waals surface area (Å²) in [4.78, 5) is 16.1. The summed E-state index contributed by atoms with van der Waals surface area (Å²) < 4.78 is 10.5. The van der Waals surface area contributed by atoms with Crippen LogP contribution in [0.1, 0.15) is 44.6 Å². The smallest absolute Gasteiger partial charge is 0.357 e. The summed E-state index contributed by atoms with van der Waals surface area (Å²) in [6.07, 6.45) is 0.638. The molecule has 20 heavy (non-hydrogen) atoms. The second-order valence-corrected chi connectivity index (χ2v) is 5.56. The van der Waals surface area contributed by atoms with Crippen LogP contribution in [0.5, 0.6) is 0 Å². The lowest BCUT2D eigenvalue weighted by Crippen LogP contribution is -2.25. The van der Waals surface area contributed by atoms with E-state index in [9.17, 15) is 4.79 Å². The number of esters is 1. The molecule has 0 aromatic carbocycles. The first-order chi connectivity index (χ1) is 9.34. The summed E-state index contributed by atoms with van der Waals surface area (Å²) in [5.74, 6) is 0.260. The fourth-order valence-electron chi connectivity index (χ4n) is 1.49. The molecule has 5 heteroatoms. The van der Waals surface area contributed by atoms with Crippen molar-refractivity contribution in [2.75, 3.05) is 19.0 Å². The van der Waals surface area contributed by atoms with Crippen molar-refractivity contribution in [3.05, 3.63) is 23.9 Å². The molecule has 0 fully saturated rings. The van der Waals surface area contributed by atoms with Crippen molar-refractivity contribution in [2.45, 2.75) is 45.8 Å². The van der Waals surface area contributed by atoms with Crippen molar-refractivity contribution in [3.8, 4) is 0 Å². The standard InChI is InChI=1S/C15H24N2O3/c1-11(2)16-13-8-6-7-12(17-13)14(18)20-10-9-15(3,4)19-5/h6-8,11H,9-10H2,1-5H3,(H,16,17). The molecule has 0 unspecified atom stereocenters. The van der Waals surface area contributed by atoms with E-state index in [0.29, 0.717) is 24.5 Å². The third kappa shape index (κ3) is 5.57. The van der Waals surface area contributed by atoms with E-state index in [0.717, 1.165) is 0 Å². The number of pyridine rings is 1. The molecule has 112 valence electrons. The topological polar surface area (TPSA) is 60.5 Å². The van der Waals surface area contributed by atoms with Gasteiger partial charge in [-0.25, -0.2) is 9.78 Å². The van der Waals surface area contributed by atoms with Crippen molar-refractivity contribution in [2.24, 2.45) is 0 Å². The van der Waals surface area contributed by atoms with Gasteiger partial charge in [-0.2, -0.15) is 0 Å². The SMILES string of the molecule is COC(C)(C)CCOC(=O)c1cccc(NC(C)C)n1. The maximum Gasteiger partial charge on any atom is 0.357 e. The van der Waals surface area contributed by atoms with Gasteiger partial charge >= 0.3 is 5.97 Å². The molecule has 1 aromatic rings. The highest BCUT2D eigenvalue weighted by Gasteiger charge is 2.18. The fraction of sp³-hybridized carbons (Fsp3) is 0.600. The van der Waals surface area contributed by atoms with E-state index in [2.05, 4.69) is 10.3 Å². The summed E-state index contributed by atoms with van der Waals surface area (Å²) in [6.45, 7) is 8.24. The van der Waals surface area contributed by atoms with Gasteiger partial charge in [-0.1, -0.05) is 6.07 Å². The first-order valence-electron chi connectivity index (χ1n) is 6.80. The number of ether oxygens (including phenoxy) is 2. The molecule has 0 saturated carbocycles. The molecule has 0 atom stereocenters. The van der Waals surface area contributed by atoms with Gasteiger partial charge in [0.05, 0.1) is 12.2 Å². The Morgan fingerprint density at radius 3 is 2.70 bits per heavy atom. The summed E-state index contributed by atoms with van der Waals surface area (Å²) >= 11 is 0. The molecule has 0 radical (unpaired) electrons. The van der Waals surface area contributed by atoms with Crippen LogP contribution >= 0.6 is 0 Å². The number of anilines is 1. The highest BCUT2D eigenvalue weighted by Crippen LogP contribution is 2.13. The third-order valence-electron chi connectivity index (χ3n) is 2.88. The first kappa shape index (κ1) is 16.4. The number of methoxy groups -OCH3 is 1. The van der Waals surface area contributed by atoms with Gasteiger partial charge in [0.2, 0.25) is 0 Å². The molecule has 0 aliphatic carbocycles. The Balaban J connectivity index is 2.55. The Hall–Kier alpha value is -1.62. The molecule has 0 saturated heterocycles. The zero-order valence-corrected chi connectivity index (χ0v) is 12.9. The average molecular weight is 280 g/mol. The van der Waals surface area contributed by atoms with Crippen LogP contribution in [0.15, 0.2) is 18.2 Å². The number of hydrogen-bond donors (Lipinski definition) is 1. The second-order valence-electron chi connectivity index (χ2n) is 5.56. The molecule has 0 spiro atoms. The van der Waals surface area contributed by atoms with E-state index in [1.54, 1.807) is 19.2 Å². The monoisotopic (exact) mass is 280 g/mol. The van der Waals surface area contributed by atoms with E-state index < -0.39 is 5.97 Å². The second kappa shape index (κ2) is 7.24.